The molecule has 1 aliphatic rings. The van der Waals surface area contributed by atoms with E-state index in [2.05, 4.69) is 5.32 Å². The number of hydrogen-bond donors (Lipinski definition) is 2. The maximum Gasteiger partial charge on any atom is 0.225 e. The van der Waals surface area contributed by atoms with Gasteiger partial charge in [0.2, 0.25) is 11.8 Å². The normalized spacial score (nSPS) is 20.6. The number of carbonyl (C=O) groups is 2. The van der Waals surface area contributed by atoms with Crippen LogP contribution < -0.4 is 11.1 Å². The van der Waals surface area contributed by atoms with Gasteiger partial charge in [0.15, 0.2) is 0 Å². The van der Waals surface area contributed by atoms with Crippen LogP contribution in [0.3, 0.4) is 0 Å². The SMILES string of the molecule is CC(N)CCNC(=O)C1CCC(=O)N(Cc2ccccc2)C1c1ccccc1. The van der Waals surface area contributed by atoms with E-state index in [0.717, 1.165) is 17.5 Å². The predicted octanol–water partition coefficient (Wildman–Crippen LogP) is 3.02. The van der Waals surface area contributed by atoms with Gasteiger partial charge in [-0.15, -0.1) is 0 Å². The summed E-state index contributed by atoms with van der Waals surface area (Å²) < 4.78 is 0. The zero-order chi connectivity index (χ0) is 19.9. The summed E-state index contributed by atoms with van der Waals surface area (Å²) in [7, 11) is 0. The topological polar surface area (TPSA) is 75.4 Å². The third-order valence-electron chi connectivity index (χ3n) is 5.28. The molecule has 3 atom stereocenters. The monoisotopic (exact) mass is 379 g/mol. The Hall–Kier alpha value is -2.66. The number of likely N-dealkylation sites (tertiary alicyclic amines) is 1. The van der Waals surface area contributed by atoms with E-state index in [-0.39, 0.29) is 29.8 Å². The van der Waals surface area contributed by atoms with Crippen LogP contribution in [0.2, 0.25) is 0 Å². The molecule has 2 aromatic carbocycles. The van der Waals surface area contributed by atoms with E-state index in [1.807, 2.05) is 72.5 Å². The summed E-state index contributed by atoms with van der Waals surface area (Å²) in [5, 5.41) is 3.03. The Balaban J connectivity index is 1.86. The standard InChI is InChI=1S/C23H29N3O2/c1-17(24)14-15-25-23(28)20-12-13-21(27)26(16-18-8-4-2-5-9-18)22(20)19-10-6-3-7-11-19/h2-11,17,20,22H,12-16,24H2,1H3,(H,25,28). The molecule has 5 heteroatoms. The summed E-state index contributed by atoms with van der Waals surface area (Å²) in [6.07, 6.45) is 1.69. The Morgan fingerprint density at radius 3 is 2.43 bits per heavy atom. The molecule has 148 valence electrons. The van der Waals surface area contributed by atoms with E-state index >= 15 is 0 Å². The molecular weight excluding hydrogens is 350 g/mol. The lowest BCUT2D eigenvalue weighted by atomic mass is 9.83. The van der Waals surface area contributed by atoms with E-state index in [4.69, 9.17) is 5.73 Å². The van der Waals surface area contributed by atoms with Gasteiger partial charge in [-0.1, -0.05) is 60.7 Å². The van der Waals surface area contributed by atoms with Gasteiger partial charge in [-0.25, -0.2) is 0 Å². The molecule has 0 aliphatic carbocycles. The quantitative estimate of drug-likeness (QED) is 0.776. The van der Waals surface area contributed by atoms with Crippen molar-refractivity contribution in [3.05, 3.63) is 71.8 Å². The lowest BCUT2D eigenvalue weighted by Gasteiger charge is -2.41. The zero-order valence-corrected chi connectivity index (χ0v) is 16.4. The van der Waals surface area contributed by atoms with Gasteiger partial charge in [0, 0.05) is 25.6 Å². The smallest absolute Gasteiger partial charge is 0.225 e. The molecule has 1 fully saturated rings. The Labute approximate surface area is 166 Å². The number of nitrogens with two attached hydrogens (primary N) is 1. The van der Waals surface area contributed by atoms with Gasteiger partial charge in [-0.05, 0) is 30.9 Å². The third kappa shape index (κ3) is 4.98. The van der Waals surface area contributed by atoms with Crippen LogP contribution in [0, 0.1) is 5.92 Å². The molecule has 3 N–H and O–H groups in total. The number of piperidine rings is 1. The predicted molar refractivity (Wildman–Crippen MR) is 110 cm³/mol. The molecule has 0 bridgehead atoms. The average Bonchev–Trinajstić information content (AvgIpc) is 2.70. The number of nitrogens with one attached hydrogen (secondary N) is 1. The Kier molecular flexibility index (Phi) is 6.82. The third-order valence-corrected chi connectivity index (χ3v) is 5.28. The number of amides is 2. The summed E-state index contributed by atoms with van der Waals surface area (Å²) in [5.41, 5.74) is 7.86. The van der Waals surface area contributed by atoms with Gasteiger partial charge in [0.25, 0.3) is 0 Å². The van der Waals surface area contributed by atoms with Gasteiger partial charge in [-0.2, -0.15) is 0 Å². The van der Waals surface area contributed by atoms with Crippen LogP contribution in [-0.4, -0.2) is 29.3 Å². The highest BCUT2D eigenvalue weighted by Gasteiger charge is 2.40. The molecule has 3 rings (SSSR count). The molecule has 3 unspecified atom stereocenters. The summed E-state index contributed by atoms with van der Waals surface area (Å²) in [6.45, 7) is 2.99. The number of carbonyl (C=O) groups excluding carboxylic acids is 2. The molecule has 1 heterocycles. The molecule has 0 aromatic heterocycles. The molecule has 2 aromatic rings. The lowest BCUT2D eigenvalue weighted by molar-refractivity contribution is -0.144. The van der Waals surface area contributed by atoms with Crippen molar-refractivity contribution in [2.24, 2.45) is 11.7 Å². The minimum Gasteiger partial charge on any atom is -0.356 e. The van der Waals surface area contributed by atoms with Crippen molar-refractivity contribution in [1.82, 2.24) is 10.2 Å². The largest absolute Gasteiger partial charge is 0.356 e. The summed E-state index contributed by atoms with van der Waals surface area (Å²) >= 11 is 0. The summed E-state index contributed by atoms with van der Waals surface area (Å²) in [5.74, 6) is -0.172. The molecule has 0 radical (unpaired) electrons. The maximum atomic E-state index is 13.0. The Morgan fingerprint density at radius 2 is 1.79 bits per heavy atom. The van der Waals surface area contributed by atoms with E-state index in [1.54, 1.807) is 0 Å². The van der Waals surface area contributed by atoms with Gasteiger partial charge < -0.3 is 16.0 Å². The number of nitrogens with zero attached hydrogens (tertiary/aromatic N) is 1. The average molecular weight is 380 g/mol. The van der Waals surface area contributed by atoms with Crippen molar-refractivity contribution >= 4 is 11.8 Å². The van der Waals surface area contributed by atoms with Crippen LogP contribution in [0.15, 0.2) is 60.7 Å². The van der Waals surface area contributed by atoms with Crippen molar-refractivity contribution in [1.29, 1.82) is 0 Å². The first-order valence-corrected chi connectivity index (χ1v) is 9.98. The highest BCUT2D eigenvalue weighted by Crippen LogP contribution is 2.37. The number of rotatable bonds is 7. The minimum absolute atomic E-state index is 0.0000599. The molecule has 0 spiro atoms. The first-order valence-electron chi connectivity index (χ1n) is 9.98. The Morgan fingerprint density at radius 1 is 1.14 bits per heavy atom. The second kappa shape index (κ2) is 9.51. The van der Waals surface area contributed by atoms with Crippen LogP contribution >= 0.6 is 0 Å². The van der Waals surface area contributed by atoms with E-state index < -0.39 is 0 Å². The molecule has 1 aliphatic heterocycles. The first-order chi connectivity index (χ1) is 13.6. The van der Waals surface area contributed by atoms with Crippen LogP contribution in [-0.2, 0) is 16.1 Å². The van der Waals surface area contributed by atoms with E-state index in [9.17, 15) is 9.59 Å². The fourth-order valence-corrected chi connectivity index (χ4v) is 3.81. The molecule has 5 nitrogen and oxygen atoms in total. The summed E-state index contributed by atoms with van der Waals surface area (Å²) in [6, 6.07) is 19.6. The van der Waals surface area contributed by atoms with Crippen LogP contribution in [0.1, 0.15) is 43.4 Å². The van der Waals surface area contributed by atoms with Crippen molar-refractivity contribution in [3.8, 4) is 0 Å². The van der Waals surface area contributed by atoms with E-state index in [1.165, 1.54) is 0 Å². The zero-order valence-electron chi connectivity index (χ0n) is 16.4. The Bertz CT molecular complexity index is 777. The van der Waals surface area contributed by atoms with Gasteiger partial charge in [-0.3, -0.25) is 9.59 Å². The highest BCUT2D eigenvalue weighted by molar-refractivity contribution is 5.85. The maximum absolute atomic E-state index is 13.0. The number of benzene rings is 2. The van der Waals surface area contributed by atoms with Crippen molar-refractivity contribution < 1.29 is 9.59 Å². The minimum atomic E-state index is -0.267. The lowest BCUT2D eigenvalue weighted by Crippen LogP contribution is -2.48. The van der Waals surface area contributed by atoms with Gasteiger partial charge in [0.05, 0.1) is 12.0 Å². The van der Waals surface area contributed by atoms with Crippen molar-refractivity contribution in [2.45, 2.75) is 44.8 Å². The van der Waals surface area contributed by atoms with Crippen LogP contribution in [0.5, 0.6) is 0 Å². The summed E-state index contributed by atoms with van der Waals surface area (Å²) in [4.78, 5) is 27.7. The fourth-order valence-electron chi connectivity index (χ4n) is 3.81. The first kappa shape index (κ1) is 20.1. The van der Waals surface area contributed by atoms with Crippen molar-refractivity contribution in [3.63, 3.8) is 0 Å². The molecule has 2 amide bonds. The molecular formula is C23H29N3O2. The van der Waals surface area contributed by atoms with Gasteiger partial charge >= 0.3 is 0 Å². The van der Waals surface area contributed by atoms with E-state index in [0.29, 0.717) is 25.9 Å². The van der Waals surface area contributed by atoms with Gasteiger partial charge in [0.1, 0.15) is 0 Å². The number of hydrogen-bond acceptors (Lipinski definition) is 3. The molecule has 1 saturated heterocycles. The van der Waals surface area contributed by atoms with Crippen molar-refractivity contribution in [2.75, 3.05) is 6.54 Å². The van der Waals surface area contributed by atoms with Crippen LogP contribution in [0.4, 0.5) is 0 Å². The second-order valence-corrected chi connectivity index (χ2v) is 7.56. The molecule has 0 saturated carbocycles. The second-order valence-electron chi connectivity index (χ2n) is 7.56. The fraction of sp³-hybridized carbons (Fsp3) is 0.391. The highest BCUT2D eigenvalue weighted by atomic mass is 16.2. The van der Waals surface area contributed by atoms with Crippen LogP contribution in [0.25, 0.3) is 0 Å². The molecule has 28 heavy (non-hydrogen) atoms.